The first kappa shape index (κ1) is 21.0. The summed E-state index contributed by atoms with van der Waals surface area (Å²) in [4.78, 5) is 33.9. The summed E-state index contributed by atoms with van der Waals surface area (Å²) in [6.07, 6.45) is 0.735. The van der Waals surface area contributed by atoms with E-state index in [1.807, 2.05) is 58.9 Å². The molecule has 29 heavy (non-hydrogen) atoms. The maximum absolute atomic E-state index is 12.4. The van der Waals surface area contributed by atoms with Gasteiger partial charge in [-0.25, -0.2) is 4.98 Å². The Morgan fingerprint density at radius 2 is 2.03 bits per heavy atom. The van der Waals surface area contributed by atoms with Crippen LogP contribution in [0.2, 0.25) is 0 Å². The predicted octanol–water partition coefficient (Wildman–Crippen LogP) is 4.20. The van der Waals surface area contributed by atoms with Crippen molar-refractivity contribution in [3.05, 3.63) is 56.4 Å². The van der Waals surface area contributed by atoms with E-state index in [-0.39, 0.29) is 30.0 Å². The number of nitrogens with one attached hydrogen (secondary N) is 2. The van der Waals surface area contributed by atoms with Gasteiger partial charge in [0.1, 0.15) is 16.4 Å². The van der Waals surface area contributed by atoms with Gasteiger partial charge < -0.3 is 15.0 Å². The van der Waals surface area contributed by atoms with Crippen molar-refractivity contribution in [2.45, 2.75) is 59.6 Å². The molecule has 3 aromatic rings. The number of amides is 1. The number of carbonyl (C=O) groups is 1. The highest BCUT2D eigenvalue weighted by Gasteiger charge is 2.14. The molecule has 2 aromatic heterocycles. The summed E-state index contributed by atoms with van der Waals surface area (Å²) in [6.45, 7) is 9.81. The first-order valence-electron chi connectivity index (χ1n) is 9.79. The standard InChI is InChI=1S/C22H27N3O3S/c1-12(2)28-17-8-6-7-16(11-17)14(4)23-19(26)10-9-18-24-21(27)20-13(3)15(5)29-22(20)25-18/h6-8,11-12,14H,9-10H2,1-5H3,(H,23,26)(H,24,25,27). The summed E-state index contributed by atoms with van der Waals surface area (Å²) < 4.78 is 5.72. The minimum Gasteiger partial charge on any atom is -0.491 e. The third-order valence-corrected chi connectivity index (χ3v) is 5.89. The van der Waals surface area contributed by atoms with Crippen molar-refractivity contribution in [3.63, 3.8) is 0 Å². The second-order valence-corrected chi connectivity index (χ2v) is 8.71. The molecule has 0 saturated heterocycles. The Kier molecular flexibility index (Phi) is 6.37. The fourth-order valence-corrected chi connectivity index (χ4v) is 4.22. The smallest absolute Gasteiger partial charge is 0.259 e. The molecule has 1 unspecified atom stereocenters. The van der Waals surface area contributed by atoms with E-state index in [1.54, 1.807) is 0 Å². The van der Waals surface area contributed by atoms with Gasteiger partial charge in [0.15, 0.2) is 0 Å². The Balaban J connectivity index is 1.63. The normalized spacial score (nSPS) is 12.3. The lowest BCUT2D eigenvalue weighted by Crippen LogP contribution is -2.27. The molecule has 2 N–H and O–H groups in total. The number of aryl methyl sites for hydroxylation is 3. The van der Waals surface area contributed by atoms with Gasteiger partial charge in [0, 0.05) is 17.7 Å². The van der Waals surface area contributed by atoms with Crippen molar-refractivity contribution in [2.24, 2.45) is 0 Å². The van der Waals surface area contributed by atoms with Crippen molar-refractivity contribution in [1.82, 2.24) is 15.3 Å². The van der Waals surface area contributed by atoms with Crippen LogP contribution in [0.5, 0.6) is 5.75 Å². The van der Waals surface area contributed by atoms with Crippen LogP contribution in [-0.4, -0.2) is 22.0 Å². The van der Waals surface area contributed by atoms with E-state index in [2.05, 4.69) is 15.3 Å². The van der Waals surface area contributed by atoms with E-state index < -0.39 is 0 Å². The van der Waals surface area contributed by atoms with Crippen molar-refractivity contribution in [3.8, 4) is 5.75 Å². The highest BCUT2D eigenvalue weighted by atomic mass is 32.1. The molecule has 0 fully saturated rings. The second kappa shape index (κ2) is 8.78. The molecule has 1 aromatic carbocycles. The summed E-state index contributed by atoms with van der Waals surface area (Å²) in [5.74, 6) is 1.24. The predicted molar refractivity (Wildman–Crippen MR) is 117 cm³/mol. The maximum atomic E-state index is 12.4. The molecule has 3 rings (SSSR count). The quantitative estimate of drug-likeness (QED) is 0.608. The van der Waals surface area contributed by atoms with Crippen molar-refractivity contribution in [2.75, 3.05) is 0 Å². The molecule has 1 amide bonds. The number of hydrogen-bond acceptors (Lipinski definition) is 5. The van der Waals surface area contributed by atoms with Gasteiger partial charge in [-0.1, -0.05) is 12.1 Å². The number of benzene rings is 1. The van der Waals surface area contributed by atoms with Gasteiger partial charge in [0.25, 0.3) is 5.56 Å². The van der Waals surface area contributed by atoms with Crippen LogP contribution in [0.1, 0.15) is 55.1 Å². The molecule has 0 aliphatic carbocycles. The zero-order valence-corrected chi connectivity index (χ0v) is 18.3. The Morgan fingerprint density at radius 1 is 1.28 bits per heavy atom. The third kappa shape index (κ3) is 5.03. The monoisotopic (exact) mass is 413 g/mol. The third-order valence-electron chi connectivity index (χ3n) is 4.78. The first-order valence-corrected chi connectivity index (χ1v) is 10.6. The number of nitrogens with zero attached hydrogens (tertiary/aromatic N) is 1. The number of aromatic nitrogens is 2. The van der Waals surface area contributed by atoms with Crippen molar-refractivity contribution >= 4 is 27.5 Å². The molecule has 0 bridgehead atoms. The van der Waals surface area contributed by atoms with Crippen LogP contribution in [0, 0.1) is 13.8 Å². The first-order chi connectivity index (χ1) is 13.7. The van der Waals surface area contributed by atoms with Crippen LogP contribution in [0.4, 0.5) is 0 Å². The van der Waals surface area contributed by atoms with Crippen LogP contribution < -0.4 is 15.6 Å². The SMILES string of the molecule is Cc1sc2nc(CCC(=O)NC(C)c3cccc(OC(C)C)c3)[nH]c(=O)c2c1C. The highest BCUT2D eigenvalue weighted by Crippen LogP contribution is 2.26. The number of hydrogen-bond donors (Lipinski definition) is 2. The lowest BCUT2D eigenvalue weighted by Gasteiger charge is -2.16. The largest absolute Gasteiger partial charge is 0.491 e. The number of H-pyrrole nitrogens is 1. The fourth-order valence-electron chi connectivity index (χ4n) is 3.18. The highest BCUT2D eigenvalue weighted by molar-refractivity contribution is 7.18. The van der Waals surface area contributed by atoms with Crippen LogP contribution >= 0.6 is 11.3 Å². The van der Waals surface area contributed by atoms with Gasteiger partial charge in [0.05, 0.1) is 17.5 Å². The molecule has 7 heteroatoms. The molecular weight excluding hydrogens is 386 g/mol. The van der Waals surface area contributed by atoms with Gasteiger partial charge >= 0.3 is 0 Å². The average molecular weight is 414 g/mol. The van der Waals surface area contributed by atoms with E-state index in [0.29, 0.717) is 17.6 Å². The molecule has 154 valence electrons. The van der Waals surface area contributed by atoms with Crippen LogP contribution in [0.25, 0.3) is 10.2 Å². The van der Waals surface area contributed by atoms with E-state index in [4.69, 9.17) is 4.74 Å². The lowest BCUT2D eigenvalue weighted by molar-refractivity contribution is -0.121. The minimum absolute atomic E-state index is 0.0889. The van der Waals surface area contributed by atoms with E-state index in [9.17, 15) is 9.59 Å². The molecule has 2 heterocycles. The average Bonchev–Trinajstić information content (AvgIpc) is 2.94. The lowest BCUT2D eigenvalue weighted by atomic mass is 10.1. The molecule has 0 aliphatic rings. The van der Waals surface area contributed by atoms with E-state index in [0.717, 1.165) is 26.6 Å². The number of aromatic amines is 1. The van der Waals surface area contributed by atoms with Gasteiger partial charge in [-0.15, -0.1) is 11.3 Å². The zero-order chi connectivity index (χ0) is 21.1. The Bertz CT molecular complexity index is 1080. The number of rotatable bonds is 7. The molecule has 1 atom stereocenters. The number of carbonyl (C=O) groups excluding carboxylic acids is 1. The zero-order valence-electron chi connectivity index (χ0n) is 17.5. The number of fused-ring (bicyclic) bond motifs is 1. The topological polar surface area (TPSA) is 84.1 Å². The summed E-state index contributed by atoms with van der Waals surface area (Å²) in [6, 6.07) is 7.59. The Labute approximate surface area is 174 Å². The van der Waals surface area contributed by atoms with Crippen LogP contribution in [0.15, 0.2) is 29.1 Å². The van der Waals surface area contributed by atoms with Crippen LogP contribution in [0.3, 0.4) is 0 Å². The summed E-state index contributed by atoms with van der Waals surface area (Å²) in [5.41, 5.74) is 1.82. The van der Waals surface area contributed by atoms with E-state index in [1.165, 1.54) is 11.3 Å². The molecule has 6 nitrogen and oxygen atoms in total. The van der Waals surface area contributed by atoms with E-state index >= 15 is 0 Å². The van der Waals surface area contributed by atoms with Gasteiger partial charge in [-0.2, -0.15) is 0 Å². The number of thiophene rings is 1. The fraction of sp³-hybridized carbons (Fsp3) is 0.409. The van der Waals surface area contributed by atoms with Crippen LogP contribution in [-0.2, 0) is 11.2 Å². The van der Waals surface area contributed by atoms with Gasteiger partial charge in [0.2, 0.25) is 5.91 Å². The van der Waals surface area contributed by atoms with Crippen molar-refractivity contribution < 1.29 is 9.53 Å². The Hall–Kier alpha value is -2.67. The summed E-state index contributed by atoms with van der Waals surface area (Å²) in [7, 11) is 0. The summed E-state index contributed by atoms with van der Waals surface area (Å²) in [5, 5.41) is 3.65. The van der Waals surface area contributed by atoms with Gasteiger partial charge in [-0.05, 0) is 57.9 Å². The number of ether oxygens (including phenoxy) is 1. The maximum Gasteiger partial charge on any atom is 0.259 e. The second-order valence-electron chi connectivity index (χ2n) is 7.50. The molecular formula is C22H27N3O3S. The Morgan fingerprint density at radius 3 is 2.76 bits per heavy atom. The molecule has 0 aliphatic heterocycles. The minimum atomic E-state index is -0.143. The molecule has 0 radical (unpaired) electrons. The molecule has 0 saturated carbocycles. The van der Waals surface area contributed by atoms with Crippen molar-refractivity contribution in [1.29, 1.82) is 0 Å². The van der Waals surface area contributed by atoms with Gasteiger partial charge in [-0.3, -0.25) is 9.59 Å². The summed E-state index contributed by atoms with van der Waals surface area (Å²) >= 11 is 1.51. The molecule has 0 spiro atoms.